The van der Waals surface area contributed by atoms with E-state index in [1.807, 2.05) is 0 Å². The van der Waals surface area contributed by atoms with Crippen LogP contribution in [0.15, 0.2) is 0 Å². The fourth-order valence-electron chi connectivity index (χ4n) is 2.91. The van der Waals surface area contributed by atoms with Crippen LogP contribution in [0.1, 0.15) is 0 Å². The van der Waals surface area contributed by atoms with Crippen LogP contribution in [0.2, 0.25) is 0 Å². The summed E-state index contributed by atoms with van der Waals surface area (Å²) in [5.74, 6) is 0. The van der Waals surface area contributed by atoms with Crippen molar-refractivity contribution in [3.05, 3.63) is 0 Å². The van der Waals surface area contributed by atoms with Crippen LogP contribution in [-0.4, -0.2) is 123 Å². The van der Waals surface area contributed by atoms with Crippen LogP contribution in [0.25, 0.3) is 0 Å². The Morgan fingerprint density at radius 3 is 1.00 bits per heavy atom. The van der Waals surface area contributed by atoms with Gasteiger partial charge in [-0.15, -0.1) is 10.2 Å². The third-order valence-corrected chi connectivity index (χ3v) is 4.57. The SMILES string of the molecule is C1COCC[NH+]2CCOCCOCCN(CCO1)CCOCCOCC2.[O-][Cl+3]([O-])([O-])[O-]. The monoisotopic (exact) mass is 476 g/mol. The normalized spacial score (nSPS) is 27.5. The minimum Gasteiger partial charge on any atom is -0.378 e. The van der Waals surface area contributed by atoms with Gasteiger partial charge < -0.3 is 33.3 Å². The van der Waals surface area contributed by atoms with E-state index >= 15 is 0 Å². The first kappa shape index (κ1) is 28.8. The Balaban J connectivity index is 0.000000861. The number of nitrogens with zero attached hydrogens (tertiary/aromatic N) is 1. The summed E-state index contributed by atoms with van der Waals surface area (Å²) < 4.78 is 68.3. The van der Waals surface area contributed by atoms with Crippen molar-refractivity contribution in [2.45, 2.75) is 0 Å². The lowest BCUT2D eigenvalue weighted by molar-refractivity contribution is -2.00. The van der Waals surface area contributed by atoms with Gasteiger partial charge in [-0.25, -0.2) is 18.6 Å². The lowest BCUT2D eigenvalue weighted by Gasteiger charge is -2.23. The van der Waals surface area contributed by atoms with Gasteiger partial charge in [-0.2, -0.15) is 0 Å². The smallest absolute Gasteiger partial charge is 0.101 e. The minimum absolute atomic E-state index is 0.641. The Bertz CT molecular complexity index is 322. The molecule has 0 unspecified atom stereocenters. The van der Waals surface area contributed by atoms with Gasteiger partial charge in [0.25, 0.3) is 0 Å². The molecule has 0 spiro atoms. The molecule has 0 atom stereocenters. The molecule has 0 aliphatic carbocycles. The minimum atomic E-state index is -4.94. The maximum absolute atomic E-state index is 8.49. The molecule has 31 heavy (non-hydrogen) atoms. The third kappa shape index (κ3) is 21.4. The second-order valence-electron chi connectivity index (χ2n) is 6.89. The van der Waals surface area contributed by atoms with Crippen molar-refractivity contribution in [2.24, 2.45) is 0 Å². The van der Waals surface area contributed by atoms with E-state index < -0.39 is 10.2 Å². The maximum atomic E-state index is 8.49. The largest absolute Gasteiger partial charge is 0.378 e. The lowest BCUT2D eigenvalue weighted by Crippen LogP contribution is -3.13. The lowest BCUT2D eigenvalue weighted by atomic mass is 10.4. The van der Waals surface area contributed by atoms with Crippen LogP contribution < -0.4 is 23.5 Å². The highest BCUT2D eigenvalue weighted by Gasteiger charge is 2.10. The van der Waals surface area contributed by atoms with Crippen molar-refractivity contribution in [1.29, 1.82) is 0 Å². The van der Waals surface area contributed by atoms with Crippen molar-refractivity contribution in [3.63, 3.8) is 0 Å². The Kier molecular flexibility index (Phi) is 18.0. The van der Waals surface area contributed by atoms with E-state index in [9.17, 15) is 0 Å². The fraction of sp³-hybridized carbons (Fsp3) is 1.00. The van der Waals surface area contributed by atoms with E-state index in [-0.39, 0.29) is 0 Å². The Morgan fingerprint density at radius 2 is 0.710 bits per heavy atom. The maximum Gasteiger partial charge on any atom is 0.101 e. The topological polar surface area (TPSA) is 155 Å². The molecule has 3 heterocycles. The van der Waals surface area contributed by atoms with Crippen molar-refractivity contribution < 1.29 is 62.2 Å². The molecule has 0 aromatic carbocycles. The highest BCUT2D eigenvalue weighted by molar-refractivity contribution is 4.57. The first-order valence-electron chi connectivity index (χ1n) is 10.6. The summed E-state index contributed by atoms with van der Waals surface area (Å²) in [5.41, 5.74) is 0. The van der Waals surface area contributed by atoms with Gasteiger partial charge in [0.05, 0.1) is 79.3 Å². The van der Waals surface area contributed by atoms with E-state index in [0.29, 0.717) is 59.5 Å². The number of quaternary nitrogens is 1. The average molecular weight is 477 g/mol. The summed E-state index contributed by atoms with van der Waals surface area (Å²) >= 11 is 0. The van der Waals surface area contributed by atoms with Gasteiger partial charge >= 0.3 is 0 Å². The molecule has 0 radical (unpaired) electrons. The number of rotatable bonds is 0. The summed E-state index contributed by atoms with van der Waals surface area (Å²) in [5, 5.41) is 0. The summed E-state index contributed by atoms with van der Waals surface area (Å²) in [7, 11) is -4.94. The van der Waals surface area contributed by atoms with Gasteiger partial charge in [-0.3, -0.25) is 4.90 Å². The van der Waals surface area contributed by atoms with E-state index in [0.717, 1.165) is 59.1 Å². The highest BCUT2D eigenvalue weighted by atomic mass is 35.7. The predicted octanol–water partition coefficient (Wildman–Crippen LogP) is -6.46. The quantitative estimate of drug-likeness (QED) is 0.354. The van der Waals surface area contributed by atoms with Gasteiger partial charge in [0.1, 0.15) is 19.6 Å². The number of nitrogens with one attached hydrogen (secondary N) is 1. The van der Waals surface area contributed by atoms with Gasteiger partial charge in [-0.05, 0) is 0 Å². The third-order valence-electron chi connectivity index (χ3n) is 4.57. The molecule has 0 aromatic heterocycles. The second kappa shape index (κ2) is 19.3. The molecule has 3 aliphatic rings. The number of hydrogen-bond acceptors (Lipinski definition) is 11. The zero-order valence-corrected chi connectivity index (χ0v) is 18.9. The molecular weight excluding hydrogens is 440 g/mol. The molecule has 12 nitrogen and oxygen atoms in total. The summed E-state index contributed by atoms with van der Waals surface area (Å²) in [4.78, 5) is 3.75. The molecule has 186 valence electrons. The van der Waals surface area contributed by atoms with Crippen LogP contribution in [0.4, 0.5) is 0 Å². The number of fused-ring (bicyclic) bond motifs is 21. The first-order chi connectivity index (χ1) is 14.9. The standard InChI is InChI=1S/C18H36N2O6.ClHO4/c1-7-21-13-14-24-10-4-20-5-11-25-17-15-22-8-2-19(1)3-9-23-16-18-26-12-6-20;2-1(3,4)5/h1-18H2;(H,2,3,4,5). The Labute approximate surface area is 186 Å². The summed E-state index contributed by atoms with van der Waals surface area (Å²) in [6, 6.07) is 0. The molecule has 0 aromatic rings. The van der Waals surface area contributed by atoms with E-state index in [4.69, 9.17) is 47.1 Å². The molecule has 2 bridgehead atoms. The van der Waals surface area contributed by atoms with Gasteiger partial charge in [0.15, 0.2) is 0 Å². The fourth-order valence-corrected chi connectivity index (χ4v) is 2.91. The van der Waals surface area contributed by atoms with E-state index in [1.165, 1.54) is 4.90 Å². The van der Waals surface area contributed by atoms with Crippen molar-refractivity contribution in [2.75, 3.05) is 119 Å². The molecule has 0 saturated carbocycles. The molecule has 13 heteroatoms. The van der Waals surface area contributed by atoms with Gasteiger partial charge in [0, 0.05) is 19.6 Å². The average Bonchev–Trinajstić information content (AvgIpc) is 2.70. The highest BCUT2D eigenvalue weighted by Crippen LogP contribution is 1.93. The molecule has 3 rings (SSSR count). The Morgan fingerprint density at radius 1 is 0.452 bits per heavy atom. The van der Waals surface area contributed by atoms with Crippen LogP contribution >= 0.6 is 0 Å². The molecule has 3 fully saturated rings. The summed E-state index contributed by atoms with van der Waals surface area (Å²) in [6.45, 7) is 13.6. The van der Waals surface area contributed by atoms with E-state index in [2.05, 4.69) is 4.90 Å². The number of ether oxygens (including phenoxy) is 6. The first-order valence-corrected chi connectivity index (χ1v) is 11.8. The molecule has 1 N–H and O–H groups in total. The Hall–Kier alpha value is -0.190. The van der Waals surface area contributed by atoms with Crippen molar-refractivity contribution in [3.8, 4) is 0 Å². The predicted molar refractivity (Wildman–Crippen MR) is 96.9 cm³/mol. The zero-order valence-electron chi connectivity index (χ0n) is 18.1. The van der Waals surface area contributed by atoms with Gasteiger partial charge in [0.2, 0.25) is 0 Å². The van der Waals surface area contributed by atoms with Crippen LogP contribution in [0.3, 0.4) is 0 Å². The zero-order chi connectivity index (χ0) is 22.6. The molecular formula is C18H37ClN2O10. The van der Waals surface area contributed by atoms with E-state index in [1.54, 1.807) is 0 Å². The van der Waals surface area contributed by atoms with Crippen LogP contribution in [0.5, 0.6) is 0 Å². The number of hydrogen-bond donors (Lipinski definition) is 1. The van der Waals surface area contributed by atoms with Crippen LogP contribution in [0, 0.1) is 10.2 Å². The second-order valence-corrected chi connectivity index (χ2v) is 7.65. The van der Waals surface area contributed by atoms with Crippen molar-refractivity contribution in [1.82, 2.24) is 4.90 Å². The van der Waals surface area contributed by atoms with Crippen LogP contribution in [-0.2, 0) is 28.4 Å². The molecule has 3 saturated heterocycles. The molecule has 0 amide bonds. The van der Waals surface area contributed by atoms with Gasteiger partial charge in [-0.1, -0.05) is 0 Å². The van der Waals surface area contributed by atoms with Crippen molar-refractivity contribution >= 4 is 0 Å². The molecule has 3 aliphatic heterocycles. The number of halogens is 1. The summed E-state index contributed by atoms with van der Waals surface area (Å²) in [6.07, 6.45) is 0.